The Bertz CT molecular complexity index is 838. The lowest BCUT2D eigenvalue weighted by Gasteiger charge is -2.22. The maximum atomic E-state index is 12.3. The van der Waals surface area contributed by atoms with E-state index in [1.165, 1.54) is 15.4 Å². The Morgan fingerprint density at radius 2 is 1.88 bits per heavy atom. The molecule has 2 heterocycles. The number of ether oxygens (including phenoxy) is 1. The van der Waals surface area contributed by atoms with Crippen LogP contribution < -0.4 is 0 Å². The number of benzene rings is 1. The van der Waals surface area contributed by atoms with Gasteiger partial charge in [-0.15, -0.1) is 0 Å². The SMILES string of the molecule is Cc1cc(C)cc(-c2nccn2[C@@H]2COC[C@H]2CS(=O)(=O)N(C)C)c1. The lowest BCUT2D eigenvalue weighted by molar-refractivity contribution is 0.182. The van der Waals surface area contributed by atoms with Gasteiger partial charge in [0.25, 0.3) is 0 Å². The molecule has 1 fully saturated rings. The summed E-state index contributed by atoms with van der Waals surface area (Å²) in [5, 5.41) is 0. The molecular weight excluding hydrogens is 338 g/mol. The predicted molar refractivity (Wildman–Crippen MR) is 98.0 cm³/mol. The van der Waals surface area contributed by atoms with E-state index in [0.717, 1.165) is 11.4 Å². The van der Waals surface area contributed by atoms with Gasteiger partial charge in [-0.05, 0) is 26.0 Å². The predicted octanol–water partition coefficient (Wildman–Crippen LogP) is 2.25. The van der Waals surface area contributed by atoms with Crippen LogP contribution in [0.1, 0.15) is 17.2 Å². The summed E-state index contributed by atoms with van der Waals surface area (Å²) in [6, 6.07) is 6.30. The van der Waals surface area contributed by atoms with Gasteiger partial charge in [-0.3, -0.25) is 0 Å². The Hall–Kier alpha value is -1.70. The summed E-state index contributed by atoms with van der Waals surface area (Å²) in [6.07, 6.45) is 3.68. The first kappa shape index (κ1) is 18.1. The monoisotopic (exact) mass is 363 g/mol. The second-order valence-electron chi connectivity index (χ2n) is 6.96. The second kappa shape index (κ2) is 6.90. The van der Waals surface area contributed by atoms with E-state index in [2.05, 4.69) is 41.6 Å². The Labute approximate surface area is 149 Å². The molecule has 1 aromatic carbocycles. The van der Waals surface area contributed by atoms with Crippen LogP contribution in [0.5, 0.6) is 0 Å². The van der Waals surface area contributed by atoms with E-state index in [1.54, 1.807) is 20.3 Å². The van der Waals surface area contributed by atoms with Crippen molar-refractivity contribution in [3.05, 3.63) is 41.7 Å². The van der Waals surface area contributed by atoms with Crippen LogP contribution in [-0.2, 0) is 14.8 Å². The van der Waals surface area contributed by atoms with E-state index in [0.29, 0.717) is 13.2 Å². The van der Waals surface area contributed by atoms with Crippen molar-refractivity contribution < 1.29 is 13.2 Å². The quantitative estimate of drug-likeness (QED) is 0.817. The van der Waals surface area contributed by atoms with E-state index in [9.17, 15) is 8.42 Å². The molecule has 6 nitrogen and oxygen atoms in total. The summed E-state index contributed by atoms with van der Waals surface area (Å²) in [5.41, 5.74) is 3.40. The summed E-state index contributed by atoms with van der Waals surface area (Å²) >= 11 is 0. The van der Waals surface area contributed by atoms with Crippen LogP contribution >= 0.6 is 0 Å². The molecule has 1 aliphatic heterocycles. The van der Waals surface area contributed by atoms with Crippen LogP contribution in [0.15, 0.2) is 30.6 Å². The lowest BCUT2D eigenvalue weighted by Crippen LogP contribution is -2.32. The molecule has 7 heteroatoms. The molecule has 1 aromatic heterocycles. The fourth-order valence-electron chi connectivity index (χ4n) is 3.38. The number of hydrogen-bond acceptors (Lipinski definition) is 4. The summed E-state index contributed by atoms with van der Waals surface area (Å²) < 4.78 is 33.6. The zero-order valence-electron chi connectivity index (χ0n) is 15.1. The minimum absolute atomic E-state index is 0.0342. The highest BCUT2D eigenvalue weighted by Crippen LogP contribution is 2.32. The highest BCUT2D eigenvalue weighted by Gasteiger charge is 2.35. The van der Waals surface area contributed by atoms with Gasteiger partial charge in [0.2, 0.25) is 10.0 Å². The first-order chi connectivity index (χ1) is 11.8. The lowest BCUT2D eigenvalue weighted by atomic mass is 10.0. The summed E-state index contributed by atoms with van der Waals surface area (Å²) in [6.45, 7) is 5.08. The standard InChI is InChI=1S/C18H25N3O3S/c1-13-7-14(2)9-15(8-13)18-19-5-6-21(18)17-11-24-10-16(17)12-25(22,23)20(3)4/h5-9,16-17H,10-12H2,1-4H3/t16-,17+/m0/s1. The average Bonchev–Trinajstić information content (AvgIpc) is 3.13. The molecule has 0 amide bonds. The average molecular weight is 363 g/mol. The molecule has 136 valence electrons. The van der Waals surface area contributed by atoms with E-state index >= 15 is 0 Å². The van der Waals surface area contributed by atoms with Gasteiger partial charge in [0.05, 0.1) is 25.0 Å². The van der Waals surface area contributed by atoms with Gasteiger partial charge in [-0.25, -0.2) is 17.7 Å². The fourth-order valence-corrected chi connectivity index (χ4v) is 4.54. The molecule has 2 aromatic rings. The largest absolute Gasteiger partial charge is 0.379 e. The first-order valence-corrected chi connectivity index (χ1v) is 9.98. The van der Waals surface area contributed by atoms with Crippen molar-refractivity contribution in [3.63, 3.8) is 0 Å². The van der Waals surface area contributed by atoms with E-state index in [4.69, 9.17) is 4.74 Å². The molecule has 2 atom stereocenters. The number of aryl methyl sites for hydroxylation is 2. The molecule has 0 unspecified atom stereocenters. The highest BCUT2D eigenvalue weighted by atomic mass is 32.2. The first-order valence-electron chi connectivity index (χ1n) is 8.37. The van der Waals surface area contributed by atoms with E-state index in [1.807, 2.05) is 6.20 Å². The van der Waals surface area contributed by atoms with Crippen LogP contribution in [-0.4, -0.2) is 55.3 Å². The zero-order chi connectivity index (χ0) is 18.2. The third-order valence-electron chi connectivity index (χ3n) is 4.65. The number of hydrogen-bond donors (Lipinski definition) is 0. The minimum atomic E-state index is -3.28. The van der Waals surface area contributed by atoms with Crippen LogP contribution in [0, 0.1) is 19.8 Å². The van der Waals surface area contributed by atoms with Crippen LogP contribution in [0.25, 0.3) is 11.4 Å². The van der Waals surface area contributed by atoms with Crippen molar-refractivity contribution in [1.82, 2.24) is 13.9 Å². The van der Waals surface area contributed by atoms with Gasteiger partial charge in [-0.2, -0.15) is 0 Å². The highest BCUT2D eigenvalue weighted by molar-refractivity contribution is 7.89. The Morgan fingerprint density at radius 3 is 2.52 bits per heavy atom. The molecule has 0 radical (unpaired) electrons. The Morgan fingerprint density at radius 1 is 1.20 bits per heavy atom. The van der Waals surface area contributed by atoms with Crippen molar-refractivity contribution in [2.45, 2.75) is 19.9 Å². The number of nitrogens with zero attached hydrogens (tertiary/aromatic N) is 3. The molecule has 0 spiro atoms. The van der Waals surface area contributed by atoms with Gasteiger partial charge in [0.15, 0.2) is 0 Å². The van der Waals surface area contributed by atoms with Gasteiger partial charge in [-0.1, -0.05) is 17.2 Å². The minimum Gasteiger partial charge on any atom is -0.379 e. The van der Waals surface area contributed by atoms with Crippen molar-refractivity contribution in [2.24, 2.45) is 5.92 Å². The normalized spacial score (nSPS) is 21.2. The molecule has 0 aliphatic carbocycles. The zero-order valence-corrected chi connectivity index (χ0v) is 16.0. The van der Waals surface area contributed by atoms with Crippen molar-refractivity contribution in [1.29, 1.82) is 0 Å². The van der Waals surface area contributed by atoms with Gasteiger partial charge in [0, 0.05) is 38.0 Å². The molecule has 0 saturated carbocycles. The molecule has 0 N–H and O–H groups in total. The second-order valence-corrected chi connectivity index (χ2v) is 9.19. The van der Waals surface area contributed by atoms with Crippen molar-refractivity contribution in [2.75, 3.05) is 33.1 Å². The van der Waals surface area contributed by atoms with Gasteiger partial charge < -0.3 is 9.30 Å². The number of imidazole rings is 1. The summed E-state index contributed by atoms with van der Waals surface area (Å²) in [7, 11) is -0.141. The summed E-state index contributed by atoms with van der Waals surface area (Å²) in [5.74, 6) is 0.843. The molecular formula is C18H25N3O3S. The maximum absolute atomic E-state index is 12.3. The Kier molecular flexibility index (Phi) is 4.99. The van der Waals surface area contributed by atoms with Crippen molar-refractivity contribution in [3.8, 4) is 11.4 Å². The molecule has 0 bridgehead atoms. The maximum Gasteiger partial charge on any atom is 0.214 e. The van der Waals surface area contributed by atoms with Crippen LogP contribution in [0.3, 0.4) is 0 Å². The fraction of sp³-hybridized carbons (Fsp3) is 0.500. The summed E-state index contributed by atoms with van der Waals surface area (Å²) in [4.78, 5) is 4.53. The third kappa shape index (κ3) is 3.78. The van der Waals surface area contributed by atoms with Gasteiger partial charge >= 0.3 is 0 Å². The van der Waals surface area contributed by atoms with E-state index < -0.39 is 10.0 Å². The smallest absolute Gasteiger partial charge is 0.214 e. The molecule has 25 heavy (non-hydrogen) atoms. The number of rotatable bonds is 5. The topological polar surface area (TPSA) is 64.4 Å². The van der Waals surface area contributed by atoms with Crippen molar-refractivity contribution >= 4 is 10.0 Å². The van der Waals surface area contributed by atoms with Crippen LogP contribution in [0.2, 0.25) is 0 Å². The number of sulfonamides is 1. The number of aromatic nitrogens is 2. The molecule has 1 aliphatic rings. The molecule has 3 rings (SSSR count). The molecule has 1 saturated heterocycles. The van der Waals surface area contributed by atoms with Gasteiger partial charge in [0.1, 0.15) is 5.82 Å². The third-order valence-corrected chi connectivity index (χ3v) is 6.61. The van der Waals surface area contributed by atoms with E-state index in [-0.39, 0.29) is 17.7 Å². The van der Waals surface area contributed by atoms with Crippen LogP contribution in [0.4, 0.5) is 0 Å². The Balaban J connectivity index is 1.93.